The van der Waals surface area contributed by atoms with Gasteiger partial charge in [0.15, 0.2) is 0 Å². The van der Waals surface area contributed by atoms with Crippen molar-refractivity contribution in [3.63, 3.8) is 0 Å². The van der Waals surface area contributed by atoms with Crippen LogP contribution in [0.25, 0.3) is 0 Å². The molecule has 0 aliphatic carbocycles. The second kappa shape index (κ2) is 12.5. The highest BCUT2D eigenvalue weighted by Crippen LogP contribution is 2.03. The molecule has 0 atom stereocenters. The molecule has 1 N–H and O–H groups in total. The lowest BCUT2D eigenvalue weighted by molar-refractivity contribution is 0.575. The third kappa shape index (κ3) is 11.5. The summed E-state index contributed by atoms with van der Waals surface area (Å²) in [5.74, 6) is 5.96. The number of rotatable bonds is 9. The van der Waals surface area contributed by atoms with Gasteiger partial charge in [0.1, 0.15) is 0 Å². The Kier molecular flexibility index (Phi) is 12.1. The molecule has 1 nitrogen and oxygen atoms in total. The summed E-state index contributed by atoms with van der Waals surface area (Å²) in [5.41, 5.74) is 0. The fraction of sp³-hybridized carbons (Fsp3) is 0.846. The van der Waals surface area contributed by atoms with Gasteiger partial charge in [-0.1, -0.05) is 39.0 Å². The Labute approximate surface area is 89.7 Å². The van der Waals surface area contributed by atoms with Gasteiger partial charge in [-0.05, 0) is 19.9 Å². The highest BCUT2D eigenvalue weighted by Gasteiger charge is 1.89. The van der Waals surface area contributed by atoms with Crippen molar-refractivity contribution < 1.29 is 0 Å². The lowest BCUT2D eigenvalue weighted by Crippen LogP contribution is -2.16. The van der Waals surface area contributed by atoms with E-state index >= 15 is 0 Å². The molecule has 1 heteroatoms. The summed E-state index contributed by atoms with van der Waals surface area (Å²) in [6.45, 7) is 6.37. The van der Waals surface area contributed by atoms with E-state index in [1.807, 2.05) is 6.92 Å². The summed E-state index contributed by atoms with van der Waals surface area (Å²) in [5, 5.41) is 3.41. The van der Waals surface area contributed by atoms with Crippen molar-refractivity contribution in [3.8, 4) is 11.8 Å². The minimum atomic E-state index is 0.992. The normalized spacial score (nSPS) is 9.57. The first-order valence-corrected chi connectivity index (χ1v) is 6.02. The van der Waals surface area contributed by atoms with Gasteiger partial charge in [0, 0.05) is 13.0 Å². The number of hydrogen-bond donors (Lipinski definition) is 1. The van der Waals surface area contributed by atoms with Crippen LogP contribution in [0.3, 0.4) is 0 Å². The maximum Gasteiger partial charge on any atom is 0.0214 e. The van der Waals surface area contributed by atoms with Gasteiger partial charge >= 0.3 is 0 Å². The number of hydrogen-bond acceptors (Lipinski definition) is 1. The highest BCUT2D eigenvalue weighted by molar-refractivity contribution is 4.94. The van der Waals surface area contributed by atoms with Gasteiger partial charge in [-0.3, -0.25) is 0 Å². The monoisotopic (exact) mass is 195 g/mol. The molecule has 0 fully saturated rings. The van der Waals surface area contributed by atoms with Gasteiger partial charge < -0.3 is 5.32 Å². The SMILES string of the molecule is CC#CCCNCCCCCCCC. The first-order chi connectivity index (χ1) is 6.91. The van der Waals surface area contributed by atoms with Crippen molar-refractivity contribution in [2.75, 3.05) is 13.1 Å². The molecule has 0 aromatic heterocycles. The molecule has 0 rings (SSSR count). The predicted molar refractivity (Wildman–Crippen MR) is 64.3 cm³/mol. The molecule has 0 unspecified atom stereocenters. The topological polar surface area (TPSA) is 12.0 Å². The van der Waals surface area contributed by atoms with Crippen LogP contribution in [0.2, 0.25) is 0 Å². The quantitative estimate of drug-likeness (QED) is 0.439. The molecule has 0 heterocycles. The Hall–Kier alpha value is -0.480. The van der Waals surface area contributed by atoms with E-state index in [1.165, 1.54) is 38.5 Å². The summed E-state index contributed by atoms with van der Waals surface area (Å²) in [6, 6.07) is 0. The fourth-order valence-electron chi connectivity index (χ4n) is 1.43. The summed E-state index contributed by atoms with van der Waals surface area (Å²) >= 11 is 0. The molecule has 14 heavy (non-hydrogen) atoms. The Morgan fingerprint density at radius 3 is 2.36 bits per heavy atom. The van der Waals surface area contributed by atoms with Crippen molar-refractivity contribution in [1.29, 1.82) is 0 Å². The van der Waals surface area contributed by atoms with Crippen LogP contribution in [-0.2, 0) is 0 Å². The lowest BCUT2D eigenvalue weighted by Gasteiger charge is -2.02. The van der Waals surface area contributed by atoms with Gasteiger partial charge in [-0.15, -0.1) is 11.8 Å². The first-order valence-electron chi connectivity index (χ1n) is 6.02. The zero-order valence-electron chi connectivity index (χ0n) is 9.86. The van der Waals surface area contributed by atoms with E-state index in [-0.39, 0.29) is 0 Å². The molecule has 0 amide bonds. The van der Waals surface area contributed by atoms with E-state index in [0.717, 1.165) is 19.5 Å². The third-order valence-electron chi connectivity index (χ3n) is 2.31. The largest absolute Gasteiger partial charge is 0.316 e. The average Bonchev–Trinajstić information content (AvgIpc) is 2.21. The summed E-state index contributed by atoms with van der Waals surface area (Å²) < 4.78 is 0. The maximum absolute atomic E-state index is 3.41. The molecule has 82 valence electrons. The molecule has 0 saturated carbocycles. The zero-order chi connectivity index (χ0) is 10.5. The summed E-state index contributed by atoms with van der Waals surface area (Å²) in [7, 11) is 0. The molecule has 0 saturated heterocycles. The van der Waals surface area contributed by atoms with Crippen molar-refractivity contribution >= 4 is 0 Å². The van der Waals surface area contributed by atoms with E-state index in [0.29, 0.717) is 0 Å². The molecule has 0 aliphatic rings. The minimum Gasteiger partial charge on any atom is -0.316 e. The van der Waals surface area contributed by atoms with E-state index in [2.05, 4.69) is 24.1 Å². The van der Waals surface area contributed by atoms with E-state index in [1.54, 1.807) is 0 Å². The molecule has 0 aromatic rings. The maximum atomic E-state index is 3.41. The van der Waals surface area contributed by atoms with E-state index in [9.17, 15) is 0 Å². The van der Waals surface area contributed by atoms with E-state index < -0.39 is 0 Å². The van der Waals surface area contributed by atoms with Crippen LogP contribution in [0, 0.1) is 11.8 Å². The number of unbranched alkanes of at least 4 members (excludes halogenated alkanes) is 5. The summed E-state index contributed by atoms with van der Waals surface area (Å²) in [4.78, 5) is 0. The fourth-order valence-corrected chi connectivity index (χ4v) is 1.43. The van der Waals surface area contributed by atoms with Gasteiger partial charge in [0.05, 0.1) is 0 Å². The van der Waals surface area contributed by atoms with Crippen LogP contribution in [0.4, 0.5) is 0 Å². The van der Waals surface area contributed by atoms with Crippen LogP contribution in [0.5, 0.6) is 0 Å². The standard InChI is InChI=1S/C13H25N/c1-3-5-7-8-9-11-13-14-12-10-6-4-2/h14H,3,5,7-13H2,1-2H3. The second-order valence-electron chi connectivity index (χ2n) is 3.69. The van der Waals surface area contributed by atoms with Crippen molar-refractivity contribution in [3.05, 3.63) is 0 Å². The lowest BCUT2D eigenvalue weighted by atomic mass is 10.1. The Morgan fingerprint density at radius 2 is 1.64 bits per heavy atom. The molecular weight excluding hydrogens is 170 g/mol. The Morgan fingerprint density at radius 1 is 0.929 bits per heavy atom. The van der Waals surface area contributed by atoms with Gasteiger partial charge in [0.2, 0.25) is 0 Å². The Balaban J connectivity index is 2.87. The first kappa shape index (κ1) is 13.5. The summed E-state index contributed by atoms with van der Waals surface area (Å²) in [6.07, 6.45) is 9.26. The van der Waals surface area contributed by atoms with Crippen LogP contribution < -0.4 is 5.32 Å². The molecule has 0 spiro atoms. The van der Waals surface area contributed by atoms with Crippen molar-refractivity contribution in [2.24, 2.45) is 0 Å². The molecule has 0 radical (unpaired) electrons. The van der Waals surface area contributed by atoms with Crippen LogP contribution in [-0.4, -0.2) is 13.1 Å². The van der Waals surface area contributed by atoms with Gasteiger partial charge in [0.25, 0.3) is 0 Å². The van der Waals surface area contributed by atoms with Crippen LogP contribution in [0.1, 0.15) is 58.8 Å². The smallest absolute Gasteiger partial charge is 0.0214 e. The predicted octanol–water partition coefficient (Wildman–Crippen LogP) is 3.35. The molecule has 0 bridgehead atoms. The van der Waals surface area contributed by atoms with Gasteiger partial charge in [-0.25, -0.2) is 0 Å². The highest BCUT2D eigenvalue weighted by atomic mass is 14.8. The van der Waals surface area contributed by atoms with Crippen LogP contribution >= 0.6 is 0 Å². The molecule has 0 aromatic carbocycles. The second-order valence-corrected chi connectivity index (χ2v) is 3.69. The Bertz CT molecular complexity index is 152. The van der Waals surface area contributed by atoms with Crippen molar-refractivity contribution in [1.82, 2.24) is 5.32 Å². The van der Waals surface area contributed by atoms with Crippen LogP contribution in [0.15, 0.2) is 0 Å². The third-order valence-corrected chi connectivity index (χ3v) is 2.31. The average molecular weight is 195 g/mol. The molecule has 0 aliphatic heterocycles. The van der Waals surface area contributed by atoms with Crippen molar-refractivity contribution in [2.45, 2.75) is 58.8 Å². The molecular formula is C13H25N. The minimum absolute atomic E-state index is 0.992. The van der Waals surface area contributed by atoms with E-state index in [4.69, 9.17) is 0 Å². The zero-order valence-corrected chi connectivity index (χ0v) is 9.86. The van der Waals surface area contributed by atoms with Gasteiger partial charge in [-0.2, -0.15) is 0 Å². The number of nitrogens with one attached hydrogen (secondary N) is 1.